The SMILES string of the molecule is CC1=NN(C(C)(C)C)C(=N)C1=Nc1ccc(C(O)NCCO)cc1. The lowest BCUT2D eigenvalue weighted by atomic mass is 10.1. The number of nitrogens with one attached hydrogen (secondary N) is 2. The zero-order valence-electron chi connectivity index (χ0n) is 14.5. The van der Waals surface area contributed by atoms with Gasteiger partial charge in [-0.25, -0.2) is 10.0 Å². The minimum atomic E-state index is -0.830. The molecular formula is C17H25N5O2. The Morgan fingerprint density at radius 1 is 1.29 bits per heavy atom. The molecular weight excluding hydrogens is 306 g/mol. The van der Waals surface area contributed by atoms with E-state index in [4.69, 9.17) is 10.5 Å². The van der Waals surface area contributed by atoms with Gasteiger partial charge >= 0.3 is 0 Å². The summed E-state index contributed by atoms with van der Waals surface area (Å²) in [4.78, 5) is 4.52. The van der Waals surface area contributed by atoms with Crippen molar-refractivity contribution in [2.45, 2.75) is 39.5 Å². The van der Waals surface area contributed by atoms with E-state index in [0.29, 0.717) is 29.2 Å². The van der Waals surface area contributed by atoms with Crippen LogP contribution in [-0.4, -0.2) is 51.2 Å². The van der Waals surface area contributed by atoms with E-state index in [-0.39, 0.29) is 18.0 Å². The molecule has 1 aliphatic rings. The van der Waals surface area contributed by atoms with E-state index < -0.39 is 6.23 Å². The summed E-state index contributed by atoms with van der Waals surface area (Å²) >= 11 is 0. The van der Waals surface area contributed by atoms with E-state index in [9.17, 15) is 5.11 Å². The molecule has 4 N–H and O–H groups in total. The van der Waals surface area contributed by atoms with Crippen molar-refractivity contribution in [3.05, 3.63) is 29.8 Å². The maximum absolute atomic E-state index is 9.92. The number of nitrogens with zero attached hydrogens (tertiary/aromatic N) is 3. The fourth-order valence-corrected chi connectivity index (χ4v) is 2.32. The highest BCUT2D eigenvalue weighted by Crippen LogP contribution is 2.23. The third-order valence-electron chi connectivity index (χ3n) is 3.56. The highest BCUT2D eigenvalue weighted by Gasteiger charge is 2.33. The van der Waals surface area contributed by atoms with Crippen LogP contribution in [0.3, 0.4) is 0 Å². The summed E-state index contributed by atoms with van der Waals surface area (Å²) in [6, 6.07) is 7.10. The third kappa shape index (κ3) is 4.05. The highest BCUT2D eigenvalue weighted by molar-refractivity contribution is 6.69. The van der Waals surface area contributed by atoms with Gasteiger partial charge in [0.2, 0.25) is 0 Å². The first-order valence-corrected chi connectivity index (χ1v) is 7.89. The number of hydrogen-bond donors (Lipinski definition) is 4. The lowest BCUT2D eigenvalue weighted by Gasteiger charge is -2.29. The monoisotopic (exact) mass is 331 g/mol. The van der Waals surface area contributed by atoms with Gasteiger partial charge in [0.05, 0.1) is 23.5 Å². The summed E-state index contributed by atoms with van der Waals surface area (Å²) in [5, 5.41) is 35.8. The largest absolute Gasteiger partial charge is 0.395 e. The van der Waals surface area contributed by atoms with E-state index in [0.717, 1.165) is 0 Å². The Balaban J connectivity index is 2.17. The summed E-state index contributed by atoms with van der Waals surface area (Å²) < 4.78 is 0. The Morgan fingerprint density at radius 2 is 1.92 bits per heavy atom. The molecule has 1 aromatic carbocycles. The molecule has 0 saturated heterocycles. The first kappa shape index (κ1) is 18.3. The Hall–Kier alpha value is -2.09. The van der Waals surface area contributed by atoms with Gasteiger partial charge < -0.3 is 10.2 Å². The minimum Gasteiger partial charge on any atom is -0.395 e. The lowest BCUT2D eigenvalue weighted by molar-refractivity contribution is 0.129. The third-order valence-corrected chi connectivity index (χ3v) is 3.56. The van der Waals surface area contributed by atoms with Crippen LogP contribution in [0.1, 0.15) is 39.5 Å². The van der Waals surface area contributed by atoms with E-state index >= 15 is 0 Å². The molecule has 130 valence electrons. The predicted molar refractivity (Wildman–Crippen MR) is 96.0 cm³/mol. The molecule has 24 heavy (non-hydrogen) atoms. The van der Waals surface area contributed by atoms with Gasteiger partial charge in [0.1, 0.15) is 11.9 Å². The van der Waals surface area contributed by atoms with E-state index in [1.807, 2.05) is 27.7 Å². The second-order valence-electron chi connectivity index (χ2n) is 6.65. The van der Waals surface area contributed by atoms with Crippen LogP contribution in [-0.2, 0) is 0 Å². The van der Waals surface area contributed by atoms with Crippen molar-refractivity contribution >= 4 is 22.9 Å². The minimum absolute atomic E-state index is 0.0339. The predicted octanol–water partition coefficient (Wildman–Crippen LogP) is 1.80. The standard InChI is InChI=1S/C17H25N5O2/c1-11-14(15(18)22(21-11)17(2,3)4)20-13-7-5-12(6-8-13)16(24)19-9-10-23/h5-8,16,18-19,23-24H,9-10H2,1-4H3. The topological polar surface area (TPSA) is 104 Å². The maximum atomic E-state index is 9.92. The molecule has 0 aliphatic carbocycles. The zero-order chi connectivity index (χ0) is 17.9. The smallest absolute Gasteiger partial charge is 0.170 e. The molecule has 1 aliphatic heterocycles. The molecule has 7 heteroatoms. The van der Waals surface area contributed by atoms with Gasteiger partial charge in [-0.05, 0) is 45.4 Å². The highest BCUT2D eigenvalue weighted by atomic mass is 16.3. The van der Waals surface area contributed by atoms with Crippen molar-refractivity contribution in [1.82, 2.24) is 10.3 Å². The number of aliphatic imine (C=N–C) groups is 1. The Bertz CT molecular complexity index is 659. The molecule has 1 atom stereocenters. The molecule has 0 bridgehead atoms. The number of rotatable bonds is 5. The first-order chi connectivity index (χ1) is 11.2. The number of aliphatic hydroxyl groups excluding tert-OH is 2. The number of amidine groups is 1. The summed E-state index contributed by atoms with van der Waals surface area (Å²) in [6.07, 6.45) is -0.830. The van der Waals surface area contributed by atoms with Gasteiger partial charge in [0, 0.05) is 6.54 Å². The van der Waals surface area contributed by atoms with Gasteiger partial charge in [0.25, 0.3) is 0 Å². The molecule has 7 nitrogen and oxygen atoms in total. The molecule has 0 spiro atoms. The molecule has 2 rings (SSSR count). The van der Waals surface area contributed by atoms with Crippen LogP contribution < -0.4 is 5.32 Å². The number of hydrogen-bond acceptors (Lipinski definition) is 6. The molecule has 0 radical (unpaired) electrons. The number of hydrazone groups is 1. The van der Waals surface area contributed by atoms with Gasteiger partial charge in [-0.2, -0.15) is 5.10 Å². The number of benzene rings is 1. The van der Waals surface area contributed by atoms with Crippen molar-refractivity contribution in [2.24, 2.45) is 10.1 Å². The molecule has 0 fully saturated rings. The average Bonchev–Trinajstić information content (AvgIpc) is 2.81. The summed E-state index contributed by atoms with van der Waals surface area (Å²) in [5.74, 6) is 0.286. The average molecular weight is 331 g/mol. The van der Waals surface area contributed by atoms with Crippen molar-refractivity contribution in [2.75, 3.05) is 13.2 Å². The second-order valence-corrected chi connectivity index (χ2v) is 6.65. The van der Waals surface area contributed by atoms with Crippen molar-refractivity contribution in [3.8, 4) is 0 Å². The van der Waals surface area contributed by atoms with Crippen LogP contribution in [0.5, 0.6) is 0 Å². The molecule has 0 saturated carbocycles. The van der Waals surface area contributed by atoms with Crippen LogP contribution in [0.15, 0.2) is 34.4 Å². The van der Waals surface area contributed by atoms with Crippen LogP contribution in [0.2, 0.25) is 0 Å². The van der Waals surface area contributed by atoms with Crippen LogP contribution in [0.4, 0.5) is 5.69 Å². The van der Waals surface area contributed by atoms with Crippen LogP contribution in [0, 0.1) is 5.41 Å². The van der Waals surface area contributed by atoms with Gasteiger partial charge in [-0.15, -0.1) is 0 Å². The normalized spacial score (nSPS) is 18.2. The summed E-state index contributed by atoms with van der Waals surface area (Å²) in [5.41, 5.74) is 2.37. The summed E-state index contributed by atoms with van der Waals surface area (Å²) in [6.45, 7) is 8.12. The van der Waals surface area contributed by atoms with E-state index in [2.05, 4.69) is 15.4 Å². The zero-order valence-corrected chi connectivity index (χ0v) is 14.5. The molecule has 1 aromatic rings. The maximum Gasteiger partial charge on any atom is 0.170 e. The molecule has 1 unspecified atom stereocenters. The molecule has 0 aromatic heterocycles. The van der Waals surface area contributed by atoms with Crippen LogP contribution >= 0.6 is 0 Å². The lowest BCUT2D eigenvalue weighted by Crippen LogP contribution is -2.41. The van der Waals surface area contributed by atoms with E-state index in [1.54, 1.807) is 29.3 Å². The molecule has 1 heterocycles. The summed E-state index contributed by atoms with van der Waals surface area (Å²) in [7, 11) is 0. The van der Waals surface area contributed by atoms with Crippen molar-refractivity contribution in [1.29, 1.82) is 5.41 Å². The fourth-order valence-electron chi connectivity index (χ4n) is 2.32. The first-order valence-electron chi connectivity index (χ1n) is 7.89. The van der Waals surface area contributed by atoms with E-state index in [1.165, 1.54) is 0 Å². The Labute approximate surface area is 142 Å². The number of aliphatic hydroxyl groups is 2. The van der Waals surface area contributed by atoms with Gasteiger partial charge in [0.15, 0.2) is 5.84 Å². The quantitative estimate of drug-likeness (QED) is 0.618. The molecule has 0 amide bonds. The van der Waals surface area contributed by atoms with Gasteiger partial charge in [-0.3, -0.25) is 10.7 Å². The fraction of sp³-hybridized carbons (Fsp3) is 0.471. The van der Waals surface area contributed by atoms with Crippen LogP contribution in [0.25, 0.3) is 0 Å². The van der Waals surface area contributed by atoms with Crippen molar-refractivity contribution in [3.63, 3.8) is 0 Å². The Kier molecular flexibility index (Phi) is 5.48. The Morgan fingerprint density at radius 3 is 2.42 bits per heavy atom. The second kappa shape index (κ2) is 7.21. The van der Waals surface area contributed by atoms with Gasteiger partial charge in [-0.1, -0.05) is 12.1 Å². The van der Waals surface area contributed by atoms with Crippen molar-refractivity contribution < 1.29 is 10.2 Å².